The molecule has 0 saturated carbocycles. The molecule has 3 aromatic heterocycles. The number of pyridine rings is 1. The van der Waals surface area contributed by atoms with Gasteiger partial charge in [0.2, 0.25) is 21.8 Å². The average molecular weight is 689 g/mol. The van der Waals surface area contributed by atoms with Gasteiger partial charge in [-0.05, 0) is 73.9 Å². The lowest BCUT2D eigenvalue weighted by atomic mass is 9.97. The van der Waals surface area contributed by atoms with E-state index in [2.05, 4.69) is 52.0 Å². The predicted octanol–water partition coefficient (Wildman–Crippen LogP) is 5.38. The Hall–Kier alpha value is -3.52. The maximum absolute atomic E-state index is 14.5. The number of aryl methyl sites for hydroxylation is 1. The monoisotopic (exact) mass is 688 g/mol. The topological polar surface area (TPSA) is 116 Å². The van der Waals surface area contributed by atoms with Crippen LogP contribution in [-0.2, 0) is 16.4 Å². The molecule has 1 aromatic carbocycles. The van der Waals surface area contributed by atoms with Crippen molar-refractivity contribution in [2.45, 2.75) is 12.8 Å². The Morgan fingerprint density at radius 1 is 1.04 bits per heavy atom. The average Bonchev–Trinajstić information content (AvgIpc) is 3.70. The lowest BCUT2D eigenvalue weighted by Crippen LogP contribution is -2.38. The maximum Gasteiger partial charge on any atom is 0.246 e. The van der Waals surface area contributed by atoms with Gasteiger partial charge in [-0.15, -0.1) is 10.2 Å². The Kier molecular flexibility index (Phi) is 10.4. The molecule has 4 heterocycles. The van der Waals surface area contributed by atoms with Crippen molar-refractivity contribution in [2.75, 3.05) is 75.5 Å². The van der Waals surface area contributed by atoms with Gasteiger partial charge in [0.15, 0.2) is 5.76 Å². The van der Waals surface area contributed by atoms with Crippen molar-refractivity contribution in [3.05, 3.63) is 71.2 Å². The number of anilines is 1. The van der Waals surface area contributed by atoms with Crippen molar-refractivity contribution in [3.63, 3.8) is 0 Å². The normalized spacial score (nSPS) is 14.6. The van der Waals surface area contributed by atoms with E-state index in [0.29, 0.717) is 45.2 Å². The first kappa shape index (κ1) is 33.8. The summed E-state index contributed by atoms with van der Waals surface area (Å²) in [5, 5.41) is 9.44. The van der Waals surface area contributed by atoms with E-state index in [1.807, 2.05) is 6.07 Å². The first-order chi connectivity index (χ1) is 21.9. The number of furan rings is 1. The molecule has 0 radical (unpaired) electrons. The zero-order valence-electron chi connectivity index (χ0n) is 27.1. The molecule has 14 heteroatoms. The lowest BCUT2D eigenvalue weighted by Gasteiger charge is -2.30. The molecule has 11 nitrogen and oxygen atoms in total. The quantitative estimate of drug-likeness (QED) is 0.182. The molecule has 0 aliphatic carbocycles. The summed E-state index contributed by atoms with van der Waals surface area (Å²) in [4.78, 5) is 6.82. The van der Waals surface area contributed by atoms with Crippen molar-refractivity contribution in [1.29, 1.82) is 0 Å². The number of nitrogens with zero attached hydrogens (tertiary/aromatic N) is 6. The summed E-state index contributed by atoms with van der Waals surface area (Å²) in [5.41, 5.74) is 3.16. The standard InChI is InChI=1S/C32H41ClN6O5S2/c1-37-15-12-23(13-16-37)25-21-24(33)22-34-26(25)14-19-46(40,41)38(17-20-45(4,5)6)32-36-35-31(29-11-8-18-44-29)39(32)30-27(42-2)9-7-10-28(30)43-3/h7-12,18,21-22H,13-17,19-20H2,1-6H3. The largest absolute Gasteiger partial charge is 0.494 e. The van der Waals surface area contributed by atoms with Crippen molar-refractivity contribution < 1.29 is 22.3 Å². The molecule has 5 rings (SSSR count). The van der Waals surface area contributed by atoms with Gasteiger partial charge in [-0.2, -0.15) is 0 Å². The van der Waals surface area contributed by atoms with Gasteiger partial charge in [0.05, 0.1) is 31.3 Å². The third-order valence-corrected chi connectivity index (χ3v) is 11.1. The van der Waals surface area contributed by atoms with Gasteiger partial charge < -0.3 is 18.8 Å². The minimum Gasteiger partial charge on any atom is -0.494 e. The number of benzene rings is 1. The third-order valence-electron chi connectivity index (χ3n) is 7.77. The van der Waals surface area contributed by atoms with Gasteiger partial charge in [0.1, 0.15) is 17.2 Å². The van der Waals surface area contributed by atoms with E-state index < -0.39 is 20.1 Å². The van der Waals surface area contributed by atoms with Crippen LogP contribution in [0.3, 0.4) is 0 Å². The second-order valence-corrected chi connectivity index (χ2v) is 19.0. The highest BCUT2D eigenvalue weighted by Crippen LogP contribution is 2.40. The molecule has 0 saturated heterocycles. The van der Waals surface area contributed by atoms with E-state index in [0.717, 1.165) is 30.6 Å². The second-order valence-electron chi connectivity index (χ2n) is 12.0. The van der Waals surface area contributed by atoms with Crippen LogP contribution in [0.25, 0.3) is 22.8 Å². The lowest BCUT2D eigenvalue weighted by molar-refractivity contribution is 0.370. The highest BCUT2D eigenvalue weighted by Gasteiger charge is 2.33. The molecular weight excluding hydrogens is 648 g/mol. The fourth-order valence-electron chi connectivity index (χ4n) is 5.28. The van der Waals surface area contributed by atoms with E-state index >= 15 is 0 Å². The maximum atomic E-state index is 14.5. The van der Waals surface area contributed by atoms with E-state index in [-0.39, 0.29) is 24.7 Å². The summed E-state index contributed by atoms with van der Waals surface area (Å²) in [6.45, 7) is 1.91. The molecule has 0 bridgehead atoms. The predicted molar refractivity (Wildman–Crippen MR) is 187 cm³/mol. The Balaban J connectivity index is 1.61. The first-order valence-electron chi connectivity index (χ1n) is 14.8. The van der Waals surface area contributed by atoms with Crippen LogP contribution in [0, 0.1) is 0 Å². The van der Waals surface area contributed by atoms with Gasteiger partial charge in [-0.3, -0.25) is 9.55 Å². The Morgan fingerprint density at radius 2 is 1.78 bits per heavy atom. The van der Waals surface area contributed by atoms with Crippen LogP contribution >= 0.6 is 21.6 Å². The van der Waals surface area contributed by atoms with Gasteiger partial charge in [0.25, 0.3) is 0 Å². The number of hydrogen-bond acceptors (Lipinski definition) is 9. The van der Waals surface area contributed by atoms with Crippen LogP contribution in [0.2, 0.25) is 5.02 Å². The number of hydrogen-bond donors (Lipinski definition) is 0. The molecule has 46 heavy (non-hydrogen) atoms. The molecule has 0 atom stereocenters. The number of likely N-dealkylation sites (N-methyl/N-ethyl adjacent to an activating group) is 1. The zero-order chi connectivity index (χ0) is 33.1. The van der Waals surface area contributed by atoms with Crippen LogP contribution in [-0.4, -0.2) is 104 Å². The molecule has 0 amide bonds. The fraction of sp³-hybridized carbons (Fsp3) is 0.406. The minimum atomic E-state index is -3.98. The van der Waals surface area contributed by atoms with E-state index in [4.69, 9.17) is 25.5 Å². The Labute approximate surface area is 277 Å². The Bertz CT molecular complexity index is 1780. The molecule has 0 unspecified atom stereocenters. The molecule has 0 N–H and O–H groups in total. The van der Waals surface area contributed by atoms with E-state index in [9.17, 15) is 8.42 Å². The third kappa shape index (κ3) is 7.54. The van der Waals surface area contributed by atoms with Crippen molar-refractivity contribution in [1.82, 2.24) is 24.6 Å². The minimum absolute atomic E-state index is 0.111. The second kappa shape index (κ2) is 14.1. The first-order valence-corrected chi connectivity index (χ1v) is 19.8. The summed E-state index contributed by atoms with van der Waals surface area (Å²) < 4.78 is 49.2. The van der Waals surface area contributed by atoms with E-state index in [1.165, 1.54) is 10.6 Å². The zero-order valence-corrected chi connectivity index (χ0v) is 29.5. The van der Waals surface area contributed by atoms with Crippen LogP contribution in [0.1, 0.15) is 17.7 Å². The number of sulfonamides is 1. The highest BCUT2D eigenvalue weighted by molar-refractivity contribution is 8.32. The van der Waals surface area contributed by atoms with Crippen molar-refractivity contribution >= 4 is 43.2 Å². The van der Waals surface area contributed by atoms with Crippen LogP contribution in [0.15, 0.2) is 59.4 Å². The van der Waals surface area contributed by atoms with Gasteiger partial charge in [0, 0.05) is 43.5 Å². The number of para-hydroxylation sites is 1. The molecule has 0 spiro atoms. The molecule has 1 aliphatic heterocycles. The Morgan fingerprint density at radius 3 is 2.39 bits per heavy atom. The number of methoxy groups -OCH3 is 2. The number of rotatable bonds is 13. The molecule has 0 fully saturated rings. The molecule has 4 aromatic rings. The molecule has 1 aliphatic rings. The number of aromatic nitrogens is 4. The van der Waals surface area contributed by atoms with E-state index in [1.54, 1.807) is 55.3 Å². The summed E-state index contributed by atoms with van der Waals surface area (Å²) in [6, 6.07) is 10.7. The van der Waals surface area contributed by atoms with Crippen LogP contribution in [0.5, 0.6) is 11.5 Å². The van der Waals surface area contributed by atoms with Gasteiger partial charge in [-0.1, -0.05) is 23.7 Å². The molecule has 248 valence electrons. The highest BCUT2D eigenvalue weighted by atomic mass is 35.5. The van der Waals surface area contributed by atoms with Crippen molar-refractivity contribution in [3.8, 4) is 28.8 Å². The summed E-state index contributed by atoms with van der Waals surface area (Å²) in [6.07, 6.45) is 12.7. The SMILES string of the molecule is COc1cccc(OC)c1-n1c(-c2ccco2)nnc1N(CCS(C)(C)C)S(=O)(=O)CCc1ncc(Cl)cc1C1=CCN(C)CC1. The van der Waals surface area contributed by atoms with Gasteiger partial charge in [-0.25, -0.2) is 22.8 Å². The summed E-state index contributed by atoms with van der Waals surface area (Å²) >= 11 is 6.37. The number of ether oxygens (including phenoxy) is 2. The summed E-state index contributed by atoms with van der Waals surface area (Å²) in [5.74, 6) is 2.17. The number of halogens is 1. The smallest absolute Gasteiger partial charge is 0.246 e. The van der Waals surface area contributed by atoms with Crippen molar-refractivity contribution in [2.24, 2.45) is 0 Å². The summed E-state index contributed by atoms with van der Waals surface area (Å²) in [7, 11) is 0.0882. The van der Waals surface area contributed by atoms with Gasteiger partial charge >= 0.3 is 0 Å². The van der Waals surface area contributed by atoms with Crippen LogP contribution in [0.4, 0.5) is 5.95 Å². The van der Waals surface area contributed by atoms with Crippen LogP contribution < -0.4 is 13.8 Å². The molecular formula is C32H41ClN6O5S2. The fourth-order valence-corrected chi connectivity index (χ4v) is 7.69.